The molecule has 258 valence electrons. The molecule has 1 heterocycles. The Balaban J connectivity index is 1.09. The molecule has 2 nitrogen and oxygen atoms in total. The average molecular weight is 702 g/mol. The van der Waals surface area contributed by atoms with E-state index >= 15 is 0 Å². The minimum Gasteiger partial charge on any atom is -0.454 e. The van der Waals surface area contributed by atoms with Gasteiger partial charge >= 0.3 is 0 Å². The summed E-state index contributed by atoms with van der Waals surface area (Å²) in [6.45, 7) is 0. The maximum atomic E-state index is 6.66. The molecule has 0 atom stereocenters. The smallest absolute Gasteiger partial charge is 0.159 e. The van der Waals surface area contributed by atoms with Gasteiger partial charge in [0.15, 0.2) is 5.58 Å². The first-order valence-corrected chi connectivity index (χ1v) is 18.9. The van der Waals surface area contributed by atoms with Crippen LogP contribution in [0.15, 0.2) is 217 Å². The van der Waals surface area contributed by atoms with Crippen molar-refractivity contribution in [3.63, 3.8) is 0 Å². The second-order valence-corrected chi connectivity index (χ2v) is 14.5. The van der Waals surface area contributed by atoms with E-state index in [0.717, 1.165) is 39.0 Å². The van der Waals surface area contributed by atoms with Crippen molar-refractivity contribution in [2.24, 2.45) is 0 Å². The molecule has 10 aromatic rings. The highest BCUT2D eigenvalue weighted by atomic mass is 16.3. The summed E-state index contributed by atoms with van der Waals surface area (Å²) in [4.78, 5) is 2.34. The van der Waals surface area contributed by atoms with Gasteiger partial charge in [-0.3, -0.25) is 0 Å². The third-order valence-corrected chi connectivity index (χ3v) is 11.6. The Morgan fingerprint density at radius 2 is 0.945 bits per heavy atom. The van der Waals surface area contributed by atoms with E-state index in [1.807, 2.05) is 6.07 Å². The van der Waals surface area contributed by atoms with Crippen LogP contribution in [0.5, 0.6) is 0 Å². The quantitative estimate of drug-likeness (QED) is 0.172. The van der Waals surface area contributed by atoms with Gasteiger partial charge in [0.25, 0.3) is 0 Å². The fourth-order valence-corrected chi connectivity index (χ4v) is 9.08. The van der Waals surface area contributed by atoms with Crippen molar-refractivity contribution in [3.8, 4) is 22.3 Å². The van der Waals surface area contributed by atoms with E-state index in [1.54, 1.807) is 0 Å². The minimum atomic E-state index is -0.460. The Kier molecular flexibility index (Phi) is 7.11. The topological polar surface area (TPSA) is 16.4 Å². The van der Waals surface area contributed by atoms with Gasteiger partial charge < -0.3 is 9.32 Å². The van der Waals surface area contributed by atoms with Crippen LogP contribution in [0.2, 0.25) is 0 Å². The molecule has 55 heavy (non-hydrogen) atoms. The van der Waals surface area contributed by atoms with Crippen molar-refractivity contribution < 1.29 is 4.42 Å². The molecule has 0 N–H and O–H groups in total. The van der Waals surface area contributed by atoms with Crippen LogP contribution < -0.4 is 4.90 Å². The van der Waals surface area contributed by atoms with Gasteiger partial charge in [0.2, 0.25) is 0 Å². The molecule has 0 fully saturated rings. The van der Waals surface area contributed by atoms with Crippen LogP contribution in [0.4, 0.5) is 17.1 Å². The van der Waals surface area contributed by atoms with E-state index in [4.69, 9.17) is 4.42 Å². The first-order valence-electron chi connectivity index (χ1n) is 18.9. The normalized spacial score (nSPS) is 12.9. The maximum absolute atomic E-state index is 6.66. The highest BCUT2D eigenvalue weighted by Crippen LogP contribution is 2.56. The number of para-hydroxylation sites is 2. The Bertz CT molecular complexity index is 2980. The molecule has 11 rings (SSSR count). The zero-order valence-corrected chi connectivity index (χ0v) is 30.1. The zero-order chi connectivity index (χ0) is 36.3. The highest BCUT2D eigenvalue weighted by molar-refractivity contribution is 6.10. The molecule has 0 saturated heterocycles. The predicted octanol–water partition coefficient (Wildman–Crippen LogP) is 14.2. The second-order valence-electron chi connectivity index (χ2n) is 14.5. The fourth-order valence-electron chi connectivity index (χ4n) is 9.08. The van der Waals surface area contributed by atoms with Crippen molar-refractivity contribution in [2.75, 3.05) is 4.90 Å². The first kappa shape index (κ1) is 31.4. The number of anilines is 3. The van der Waals surface area contributed by atoms with Gasteiger partial charge in [-0.05, 0) is 97.7 Å². The van der Waals surface area contributed by atoms with Crippen LogP contribution in [-0.4, -0.2) is 0 Å². The summed E-state index contributed by atoms with van der Waals surface area (Å²) >= 11 is 0. The number of rotatable bonds is 6. The number of benzene rings is 9. The number of hydrogen-bond acceptors (Lipinski definition) is 2. The summed E-state index contributed by atoms with van der Waals surface area (Å²) in [7, 11) is 0. The van der Waals surface area contributed by atoms with Gasteiger partial charge in [0.05, 0.1) is 11.1 Å². The molecule has 0 aliphatic heterocycles. The molecule has 0 radical (unpaired) electrons. The van der Waals surface area contributed by atoms with Gasteiger partial charge in [-0.25, -0.2) is 0 Å². The van der Waals surface area contributed by atoms with Crippen LogP contribution in [0.1, 0.15) is 22.3 Å². The van der Waals surface area contributed by atoms with E-state index in [2.05, 4.69) is 211 Å². The average Bonchev–Trinajstić information content (AvgIpc) is 3.79. The van der Waals surface area contributed by atoms with E-state index in [9.17, 15) is 0 Å². The van der Waals surface area contributed by atoms with Crippen LogP contribution in [0.3, 0.4) is 0 Å². The summed E-state index contributed by atoms with van der Waals surface area (Å²) in [5, 5.41) is 4.70. The molecule has 1 aliphatic rings. The van der Waals surface area contributed by atoms with Gasteiger partial charge in [-0.1, -0.05) is 170 Å². The van der Waals surface area contributed by atoms with Crippen LogP contribution in [-0.2, 0) is 5.41 Å². The molecule has 0 saturated carbocycles. The third-order valence-electron chi connectivity index (χ3n) is 11.6. The number of nitrogens with zero attached hydrogens (tertiary/aromatic N) is 1. The Morgan fingerprint density at radius 1 is 0.382 bits per heavy atom. The number of fused-ring (bicyclic) bond motifs is 7. The lowest BCUT2D eigenvalue weighted by Gasteiger charge is -2.34. The van der Waals surface area contributed by atoms with Crippen molar-refractivity contribution >= 4 is 49.8 Å². The molecular formula is C53H35NO. The van der Waals surface area contributed by atoms with Crippen molar-refractivity contribution in [2.45, 2.75) is 5.41 Å². The van der Waals surface area contributed by atoms with Crippen LogP contribution in [0.25, 0.3) is 55.0 Å². The molecule has 1 aliphatic carbocycles. The van der Waals surface area contributed by atoms with Gasteiger partial charge in [-0.2, -0.15) is 0 Å². The SMILES string of the molecule is c1ccc(C2(c3ccc(N(c4ccc(-c5ccc6ccccc6c5)cc4)c4cccc5c4oc4ccccc45)cc3)c3ccccc3-c3ccccc32)cc1. The molecular weight excluding hydrogens is 667 g/mol. The van der Waals surface area contributed by atoms with E-state index in [0.29, 0.717) is 0 Å². The summed E-state index contributed by atoms with van der Waals surface area (Å²) < 4.78 is 6.66. The zero-order valence-electron chi connectivity index (χ0n) is 30.1. The Morgan fingerprint density at radius 3 is 1.69 bits per heavy atom. The minimum absolute atomic E-state index is 0.460. The van der Waals surface area contributed by atoms with Crippen molar-refractivity contribution in [1.29, 1.82) is 0 Å². The molecule has 0 unspecified atom stereocenters. The summed E-state index contributed by atoms with van der Waals surface area (Å²) in [5.41, 5.74) is 14.4. The Hall–Kier alpha value is -7.16. The van der Waals surface area contributed by atoms with Gasteiger partial charge in [0, 0.05) is 22.1 Å². The van der Waals surface area contributed by atoms with Crippen LogP contribution >= 0.6 is 0 Å². The van der Waals surface area contributed by atoms with Crippen molar-refractivity contribution in [3.05, 3.63) is 235 Å². The molecule has 9 aromatic carbocycles. The number of hydrogen-bond donors (Lipinski definition) is 0. The molecule has 1 aromatic heterocycles. The van der Waals surface area contributed by atoms with E-state index in [1.165, 1.54) is 55.3 Å². The fraction of sp³-hybridized carbons (Fsp3) is 0.0189. The monoisotopic (exact) mass is 701 g/mol. The molecule has 0 amide bonds. The van der Waals surface area contributed by atoms with E-state index in [-0.39, 0.29) is 0 Å². The number of furan rings is 1. The van der Waals surface area contributed by atoms with Gasteiger partial charge in [-0.15, -0.1) is 0 Å². The second kappa shape index (κ2) is 12.5. The lowest BCUT2D eigenvalue weighted by atomic mass is 9.68. The largest absolute Gasteiger partial charge is 0.454 e. The Labute approximate surface area is 320 Å². The molecule has 0 spiro atoms. The maximum Gasteiger partial charge on any atom is 0.159 e. The van der Waals surface area contributed by atoms with Crippen LogP contribution in [0, 0.1) is 0 Å². The summed E-state index contributed by atoms with van der Waals surface area (Å²) in [6.07, 6.45) is 0. The molecule has 2 heteroatoms. The standard InChI is InChI=1S/C53H35NO/c1-2-15-40(16-3-1)53(48-21-9-6-17-44(48)45-18-7-10-22-49(45)53)41-29-33-43(34-30-41)54(50-23-12-20-47-46-19-8-11-24-51(46)55-52(47)50)42-31-27-37(28-32-42)39-26-25-36-13-4-5-14-38(36)35-39/h1-35H. The van der Waals surface area contributed by atoms with Crippen molar-refractivity contribution in [1.82, 2.24) is 0 Å². The lowest BCUT2D eigenvalue weighted by molar-refractivity contribution is 0.669. The van der Waals surface area contributed by atoms with Gasteiger partial charge in [0.1, 0.15) is 5.58 Å². The molecule has 0 bridgehead atoms. The predicted molar refractivity (Wildman–Crippen MR) is 229 cm³/mol. The van der Waals surface area contributed by atoms with E-state index < -0.39 is 5.41 Å². The third kappa shape index (κ3) is 4.82. The lowest BCUT2D eigenvalue weighted by Crippen LogP contribution is -2.28. The summed E-state index contributed by atoms with van der Waals surface area (Å²) in [5.74, 6) is 0. The summed E-state index contributed by atoms with van der Waals surface area (Å²) in [6, 6.07) is 76.9. The highest BCUT2D eigenvalue weighted by Gasteiger charge is 2.45. The first-order chi connectivity index (χ1) is 27.3.